The average Bonchev–Trinajstić information content (AvgIpc) is 2.68. The van der Waals surface area contributed by atoms with E-state index < -0.39 is 0 Å². The van der Waals surface area contributed by atoms with Crippen molar-refractivity contribution in [2.75, 3.05) is 25.1 Å². The van der Waals surface area contributed by atoms with Crippen LogP contribution in [0, 0.1) is 13.8 Å². The minimum atomic E-state index is 0.616. The second kappa shape index (κ2) is 9.67. The molecular weight excluding hydrogens is 334 g/mol. The highest BCUT2D eigenvalue weighted by atomic mass is 16.5. The molecule has 0 bridgehead atoms. The smallest absolute Gasteiger partial charge is 0.125 e. The van der Waals surface area contributed by atoms with E-state index in [4.69, 9.17) is 9.47 Å². The minimum absolute atomic E-state index is 0.616. The van der Waals surface area contributed by atoms with Crippen LogP contribution in [0.2, 0.25) is 0 Å². The van der Waals surface area contributed by atoms with Gasteiger partial charge in [0.2, 0.25) is 0 Å². The fourth-order valence-electron chi connectivity index (χ4n) is 3.00. The van der Waals surface area contributed by atoms with Crippen molar-refractivity contribution >= 4 is 5.69 Å². The predicted molar refractivity (Wildman–Crippen MR) is 112 cm³/mol. The summed E-state index contributed by atoms with van der Waals surface area (Å²) < 4.78 is 11.8. The molecule has 0 aliphatic rings. The zero-order valence-electron chi connectivity index (χ0n) is 16.1. The van der Waals surface area contributed by atoms with Crippen molar-refractivity contribution in [2.45, 2.75) is 20.3 Å². The predicted octanol–water partition coefficient (Wildman–Crippen LogP) is 5.42. The van der Waals surface area contributed by atoms with Gasteiger partial charge in [-0.2, -0.15) is 0 Å². The first-order valence-electron chi connectivity index (χ1n) is 9.42. The quantitative estimate of drug-likeness (QED) is 0.517. The van der Waals surface area contributed by atoms with E-state index in [0.717, 1.165) is 30.2 Å². The summed E-state index contributed by atoms with van der Waals surface area (Å²) in [4.78, 5) is 0. The fourth-order valence-corrected chi connectivity index (χ4v) is 3.00. The molecule has 0 spiro atoms. The van der Waals surface area contributed by atoms with Gasteiger partial charge in [0.05, 0.1) is 6.61 Å². The molecule has 3 aromatic carbocycles. The number of ether oxygens (including phenoxy) is 2. The molecule has 0 saturated heterocycles. The van der Waals surface area contributed by atoms with E-state index in [1.165, 1.54) is 16.7 Å². The van der Waals surface area contributed by atoms with Crippen LogP contribution < -0.4 is 14.8 Å². The zero-order valence-corrected chi connectivity index (χ0v) is 16.1. The molecule has 0 amide bonds. The number of para-hydroxylation sites is 1. The van der Waals surface area contributed by atoms with Gasteiger partial charge in [0, 0.05) is 24.7 Å². The third-order valence-electron chi connectivity index (χ3n) is 4.42. The van der Waals surface area contributed by atoms with Gasteiger partial charge in [-0.3, -0.25) is 0 Å². The maximum absolute atomic E-state index is 5.94. The summed E-state index contributed by atoms with van der Waals surface area (Å²) in [7, 11) is 0. The lowest BCUT2D eigenvalue weighted by Gasteiger charge is -2.13. The number of benzene rings is 3. The SMILES string of the molecule is Cc1cccc(C)c1OCCNc1cccc(OCCc2ccccc2)c1. The second-order valence-electron chi connectivity index (χ2n) is 6.61. The van der Waals surface area contributed by atoms with Crippen LogP contribution in [0.1, 0.15) is 16.7 Å². The van der Waals surface area contributed by atoms with E-state index in [1.807, 2.05) is 30.3 Å². The minimum Gasteiger partial charge on any atom is -0.493 e. The molecule has 0 aromatic heterocycles. The first-order valence-corrected chi connectivity index (χ1v) is 9.42. The monoisotopic (exact) mass is 361 g/mol. The fraction of sp³-hybridized carbons (Fsp3) is 0.250. The Morgan fingerprint density at radius 2 is 1.48 bits per heavy atom. The summed E-state index contributed by atoms with van der Waals surface area (Å²) in [5.41, 5.74) is 4.67. The number of anilines is 1. The Hall–Kier alpha value is -2.94. The topological polar surface area (TPSA) is 30.5 Å². The highest BCUT2D eigenvalue weighted by Crippen LogP contribution is 2.22. The van der Waals surface area contributed by atoms with Gasteiger partial charge in [-0.25, -0.2) is 0 Å². The molecule has 0 unspecified atom stereocenters. The Morgan fingerprint density at radius 1 is 0.741 bits per heavy atom. The number of nitrogens with one attached hydrogen (secondary N) is 1. The molecule has 3 heteroatoms. The zero-order chi connectivity index (χ0) is 18.9. The van der Waals surface area contributed by atoms with Crippen LogP contribution in [0.3, 0.4) is 0 Å². The molecule has 0 saturated carbocycles. The van der Waals surface area contributed by atoms with Crippen LogP contribution in [0.4, 0.5) is 5.69 Å². The molecule has 0 atom stereocenters. The summed E-state index contributed by atoms with van der Waals surface area (Å²) >= 11 is 0. The van der Waals surface area contributed by atoms with Crippen molar-refractivity contribution in [2.24, 2.45) is 0 Å². The highest BCUT2D eigenvalue weighted by Gasteiger charge is 2.03. The van der Waals surface area contributed by atoms with Gasteiger partial charge in [-0.15, -0.1) is 0 Å². The van der Waals surface area contributed by atoms with Gasteiger partial charge in [0.1, 0.15) is 18.1 Å². The summed E-state index contributed by atoms with van der Waals surface area (Å²) in [5.74, 6) is 1.86. The van der Waals surface area contributed by atoms with Crippen LogP contribution in [0.15, 0.2) is 72.8 Å². The Kier molecular flexibility index (Phi) is 6.75. The van der Waals surface area contributed by atoms with Crippen molar-refractivity contribution in [3.63, 3.8) is 0 Å². The van der Waals surface area contributed by atoms with Crippen molar-refractivity contribution in [1.29, 1.82) is 0 Å². The molecule has 0 heterocycles. The van der Waals surface area contributed by atoms with Gasteiger partial charge in [0.15, 0.2) is 0 Å². The standard InChI is InChI=1S/C24H27NO2/c1-19-8-6-9-20(2)24(19)27-17-15-25-22-12-7-13-23(18-22)26-16-14-21-10-4-3-5-11-21/h3-13,18,25H,14-17H2,1-2H3. The molecule has 1 N–H and O–H groups in total. The van der Waals surface area contributed by atoms with Crippen LogP contribution in [-0.4, -0.2) is 19.8 Å². The van der Waals surface area contributed by atoms with Crippen molar-refractivity contribution in [3.8, 4) is 11.5 Å². The molecule has 3 rings (SSSR count). The van der Waals surface area contributed by atoms with E-state index >= 15 is 0 Å². The molecule has 0 radical (unpaired) electrons. The lowest BCUT2D eigenvalue weighted by molar-refractivity contribution is 0.321. The third kappa shape index (κ3) is 5.78. The van der Waals surface area contributed by atoms with E-state index in [1.54, 1.807) is 0 Å². The molecule has 27 heavy (non-hydrogen) atoms. The Bertz CT molecular complexity index is 826. The van der Waals surface area contributed by atoms with Crippen LogP contribution >= 0.6 is 0 Å². The van der Waals surface area contributed by atoms with Gasteiger partial charge in [-0.05, 0) is 42.7 Å². The van der Waals surface area contributed by atoms with E-state index in [2.05, 4.69) is 61.6 Å². The third-order valence-corrected chi connectivity index (χ3v) is 4.42. The number of hydrogen-bond donors (Lipinski definition) is 1. The van der Waals surface area contributed by atoms with Gasteiger partial charge >= 0.3 is 0 Å². The van der Waals surface area contributed by atoms with Crippen molar-refractivity contribution in [1.82, 2.24) is 0 Å². The average molecular weight is 361 g/mol. The lowest BCUT2D eigenvalue weighted by atomic mass is 10.1. The number of aryl methyl sites for hydroxylation is 2. The molecule has 0 aliphatic carbocycles. The van der Waals surface area contributed by atoms with Crippen molar-refractivity contribution < 1.29 is 9.47 Å². The molecule has 0 fully saturated rings. The van der Waals surface area contributed by atoms with E-state index in [0.29, 0.717) is 13.2 Å². The Balaban J connectivity index is 1.43. The van der Waals surface area contributed by atoms with Gasteiger partial charge < -0.3 is 14.8 Å². The Morgan fingerprint density at radius 3 is 2.26 bits per heavy atom. The normalized spacial score (nSPS) is 10.4. The number of hydrogen-bond acceptors (Lipinski definition) is 3. The first-order chi connectivity index (χ1) is 13.2. The maximum Gasteiger partial charge on any atom is 0.125 e. The summed E-state index contributed by atoms with van der Waals surface area (Å²) in [5, 5.41) is 3.40. The summed E-state index contributed by atoms with van der Waals surface area (Å²) in [6.07, 6.45) is 0.905. The van der Waals surface area contributed by atoms with Crippen LogP contribution in [0.25, 0.3) is 0 Å². The molecule has 3 aromatic rings. The maximum atomic E-state index is 5.94. The van der Waals surface area contributed by atoms with Crippen LogP contribution in [-0.2, 0) is 6.42 Å². The van der Waals surface area contributed by atoms with Gasteiger partial charge in [0.25, 0.3) is 0 Å². The first kappa shape index (κ1) is 18.8. The second-order valence-corrected chi connectivity index (χ2v) is 6.61. The van der Waals surface area contributed by atoms with E-state index in [9.17, 15) is 0 Å². The molecular formula is C24H27NO2. The number of rotatable bonds is 9. The highest BCUT2D eigenvalue weighted by molar-refractivity contribution is 5.48. The van der Waals surface area contributed by atoms with Gasteiger partial charge in [-0.1, -0.05) is 54.6 Å². The summed E-state index contributed by atoms with van der Waals surface area (Å²) in [6.45, 7) is 6.17. The largest absolute Gasteiger partial charge is 0.493 e. The molecule has 140 valence electrons. The van der Waals surface area contributed by atoms with E-state index in [-0.39, 0.29) is 0 Å². The summed E-state index contributed by atoms with van der Waals surface area (Å²) in [6, 6.07) is 24.7. The van der Waals surface area contributed by atoms with Crippen LogP contribution in [0.5, 0.6) is 11.5 Å². The van der Waals surface area contributed by atoms with Crippen molar-refractivity contribution in [3.05, 3.63) is 89.5 Å². The molecule has 0 aliphatic heterocycles. The lowest BCUT2D eigenvalue weighted by Crippen LogP contribution is -2.12. The Labute approximate surface area is 162 Å². The molecule has 3 nitrogen and oxygen atoms in total.